The average Bonchev–Trinajstić information content (AvgIpc) is 1.50. The van der Waals surface area contributed by atoms with Crippen molar-refractivity contribution in [2.75, 3.05) is 0 Å². The van der Waals surface area contributed by atoms with Crippen LogP contribution in [-0.4, -0.2) is 31.5 Å². The fourth-order valence-electron chi connectivity index (χ4n) is 15.9. The van der Waals surface area contributed by atoms with E-state index in [1.54, 1.807) is 83.4 Å². The topological polar surface area (TPSA) is 181 Å². The molecule has 6 heterocycles. The summed E-state index contributed by atoms with van der Waals surface area (Å²) in [6.45, 7) is 8.59. The zero-order chi connectivity index (χ0) is 69.2. The highest BCUT2D eigenvalue weighted by atomic mass is 32.1. The maximum Gasteiger partial charge on any atom is 0.194 e. The van der Waals surface area contributed by atoms with Crippen molar-refractivity contribution < 1.29 is 9.59 Å². The van der Waals surface area contributed by atoms with Gasteiger partial charge in [-0.15, -0.1) is 22.7 Å². The van der Waals surface area contributed by atoms with Gasteiger partial charge in [-0.05, 0) is 154 Å². The van der Waals surface area contributed by atoms with Crippen molar-refractivity contribution in [1.82, 2.24) is 19.9 Å². The standard InChI is InChI=1S/C86H46N8O2S6/c1-43-13-21-49(22-14-43)85(50-23-15-44(2)16-24-50)63-29-31-67-59(35-69(97-67)79-93-83-81(101-79)91-71(99-83)37-61-73(47(39-87)40-88)53-9-5-7-11-55(53)77(61)95)75(63)57-34-66-58(33-65(57)85)76-60-36-70(98-68(60)32-30-64(76)86(66,51-25-17-45(3)18-26-51)52-27-19-46(4)20-28-52)80-94-84-82(102-80)92-72(100-84)38-62-74(48(41-89)42-90)54-10-6-8-12-56(54)78(62)96/h5-38H,1-4H3/b61-37-,62-38-. The molecule has 15 aromatic rings. The van der Waals surface area contributed by atoms with Crippen LogP contribution in [0.5, 0.6) is 0 Å². The molecule has 6 aromatic heterocycles. The lowest BCUT2D eigenvalue weighted by atomic mass is 9.65. The molecule has 4 aliphatic rings. The van der Waals surface area contributed by atoms with Gasteiger partial charge in [0.15, 0.2) is 30.9 Å². The summed E-state index contributed by atoms with van der Waals surface area (Å²) in [6.07, 6.45) is 3.40. The zero-order valence-electron chi connectivity index (χ0n) is 54.5. The van der Waals surface area contributed by atoms with Gasteiger partial charge in [-0.2, -0.15) is 21.0 Å². The summed E-state index contributed by atoms with van der Waals surface area (Å²) in [6, 6.07) is 77.9. The molecule has 9 aromatic carbocycles. The Morgan fingerprint density at radius 2 is 0.696 bits per heavy atom. The molecule has 478 valence electrons. The number of aromatic nitrogens is 4. The number of aryl methyl sites for hydroxylation is 4. The van der Waals surface area contributed by atoms with E-state index in [4.69, 9.17) is 19.9 Å². The summed E-state index contributed by atoms with van der Waals surface area (Å²) in [5.74, 6) is -0.503. The van der Waals surface area contributed by atoms with E-state index in [0.29, 0.717) is 43.4 Å². The molecule has 0 bridgehead atoms. The Balaban J connectivity index is 0.812. The second-order valence-electron chi connectivity index (χ2n) is 26.1. The number of benzene rings is 9. The lowest BCUT2D eigenvalue weighted by molar-refractivity contribution is 0.103. The van der Waals surface area contributed by atoms with Gasteiger partial charge in [0.05, 0.1) is 20.6 Å². The third-order valence-corrected chi connectivity index (χ3v) is 26.9. The Bertz CT molecular complexity index is 6040. The van der Waals surface area contributed by atoms with Crippen LogP contribution in [0, 0.1) is 73.0 Å². The van der Waals surface area contributed by atoms with Crippen molar-refractivity contribution in [1.29, 1.82) is 21.0 Å². The SMILES string of the molecule is Cc1ccc(C2(c3ccc(C)cc3)c3cc4c(cc3-c3c2ccc2sc(-c5nc6sc(/C=C7\C(=O)c8ccccc8C7=C(C#N)C#N)nc6s5)cc32)C(c2ccc(C)cc2)(c2ccc(C)cc2)c2ccc3sc(-c5nc6sc(/C=C7\C(=O)c8ccccc8C7=C(C#N)C#N)nc6s5)cc3c2-4)cc1. The number of allylic oxidation sites excluding steroid dienone is 6. The highest BCUT2D eigenvalue weighted by Gasteiger charge is 2.53. The minimum Gasteiger partial charge on any atom is -0.289 e. The van der Waals surface area contributed by atoms with Crippen LogP contribution < -0.4 is 0 Å². The number of nitriles is 4. The van der Waals surface area contributed by atoms with Crippen molar-refractivity contribution in [3.05, 3.63) is 315 Å². The molecule has 10 nitrogen and oxygen atoms in total. The minimum absolute atomic E-state index is 0.121. The number of rotatable bonds is 8. The second-order valence-corrected chi connectivity index (χ2v) is 32.2. The lowest BCUT2D eigenvalue weighted by Gasteiger charge is -2.35. The van der Waals surface area contributed by atoms with Crippen LogP contribution in [0.1, 0.15) is 109 Å². The molecule has 0 fully saturated rings. The van der Waals surface area contributed by atoms with Gasteiger partial charge in [-0.25, -0.2) is 19.9 Å². The van der Waals surface area contributed by atoms with Crippen LogP contribution >= 0.6 is 68.0 Å². The highest BCUT2D eigenvalue weighted by molar-refractivity contribution is 7.32. The van der Waals surface area contributed by atoms with Crippen LogP contribution in [-0.2, 0) is 10.8 Å². The number of fused-ring (bicyclic) bond motifs is 14. The normalized spacial score (nSPS) is 15.0. The summed E-state index contributed by atoms with van der Waals surface area (Å²) in [5, 5.41) is 45.2. The second kappa shape index (κ2) is 22.9. The summed E-state index contributed by atoms with van der Waals surface area (Å²) >= 11 is 9.22. The summed E-state index contributed by atoms with van der Waals surface area (Å²) < 4.78 is 2.24. The third-order valence-electron chi connectivity index (χ3n) is 20.5. The molecule has 0 N–H and O–H groups in total. The first-order valence-corrected chi connectivity index (χ1v) is 37.7. The van der Waals surface area contributed by atoms with Gasteiger partial charge in [0.2, 0.25) is 0 Å². The van der Waals surface area contributed by atoms with Crippen LogP contribution in [0.4, 0.5) is 0 Å². The fourth-order valence-corrected chi connectivity index (χ4v) is 22.2. The Morgan fingerprint density at radius 1 is 0.363 bits per heavy atom. The molecule has 0 atom stereocenters. The highest BCUT2D eigenvalue weighted by Crippen LogP contribution is 2.65. The van der Waals surface area contributed by atoms with Crippen molar-refractivity contribution in [3.63, 3.8) is 0 Å². The maximum absolute atomic E-state index is 13.9. The van der Waals surface area contributed by atoms with E-state index >= 15 is 0 Å². The van der Waals surface area contributed by atoms with Crippen LogP contribution in [0.25, 0.3) is 105 Å². The van der Waals surface area contributed by atoms with Crippen molar-refractivity contribution in [3.8, 4) is 66.3 Å². The van der Waals surface area contributed by atoms with Gasteiger partial charge >= 0.3 is 0 Å². The van der Waals surface area contributed by atoms with Gasteiger partial charge in [-0.1, -0.05) is 225 Å². The molecule has 102 heavy (non-hydrogen) atoms. The lowest BCUT2D eigenvalue weighted by Crippen LogP contribution is -2.30. The van der Waals surface area contributed by atoms with Crippen LogP contribution in [0.2, 0.25) is 0 Å². The Labute approximate surface area is 608 Å². The zero-order valence-corrected chi connectivity index (χ0v) is 59.4. The minimum atomic E-state index is -0.795. The van der Waals surface area contributed by atoms with Crippen molar-refractivity contribution in [2.45, 2.75) is 38.5 Å². The summed E-state index contributed by atoms with van der Waals surface area (Å²) in [7, 11) is 0. The predicted octanol–water partition coefficient (Wildman–Crippen LogP) is 21.7. The first-order chi connectivity index (χ1) is 49.8. The molecule has 0 saturated heterocycles. The Kier molecular flexibility index (Phi) is 13.7. The number of hydrogen-bond donors (Lipinski definition) is 0. The van der Waals surface area contributed by atoms with E-state index in [-0.39, 0.29) is 33.9 Å². The largest absolute Gasteiger partial charge is 0.289 e. The smallest absolute Gasteiger partial charge is 0.194 e. The first-order valence-electron chi connectivity index (χ1n) is 32.8. The van der Waals surface area contributed by atoms with E-state index in [1.807, 2.05) is 24.3 Å². The molecule has 0 unspecified atom stereocenters. The third kappa shape index (κ3) is 8.79. The van der Waals surface area contributed by atoms with Crippen LogP contribution in [0.15, 0.2) is 216 Å². The van der Waals surface area contributed by atoms with Gasteiger partial charge in [0.25, 0.3) is 0 Å². The first kappa shape index (κ1) is 61.3. The number of carbonyl (C=O) groups excluding carboxylic acids is 2. The molecule has 16 heteroatoms. The molecule has 4 aliphatic carbocycles. The molecule has 19 rings (SSSR count). The fraction of sp³-hybridized carbons (Fsp3) is 0.0698. The Hall–Kier alpha value is -11.8. The number of Topliss-reactive ketones (excluding diaryl/α,β-unsaturated/α-hetero) is 2. The molecular weight excluding hydrogens is 1370 g/mol. The van der Waals surface area contributed by atoms with E-state index in [0.717, 1.165) is 92.6 Å². The number of nitrogens with zero attached hydrogens (tertiary/aromatic N) is 8. The van der Waals surface area contributed by atoms with E-state index in [2.05, 4.69) is 173 Å². The maximum atomic E-state index is 13.9. The van der Waals surface area contributed by atoms with Gasteiger partial charge in [0, 0.05) is 53.6 Å². The number of thiophene rings is 2. The summed E-state index contributed by atoms with van der Waals surface area (Å²) in [4.78, 5) is 53.4. The molecule has 0 spiro atoms. The molecule has 0 amide bonds. The van der Waals surface area contributed by atoms with Gasteiger partial charge in [-0.3, -0.25) is 9.59 Å². The van der Waals surface area contributed by atoms with E-state index < -0.39 is 10.8 Å². The Morgan fingerprint density at radius 3 is 1.03 bits per heavy atom. The van der Waals surface area contributed by atoms with Crippen LogP contribution in [0.3, 0.4) is 0 Å². The van der Waals surface area contributed by atoms with E-state index in [9.17, 15) is 30.6 Å². The quantitative estimate of drug-likeness (QED) is 0.105. The van der Waals surface area contributed by atoms with Crippen molar-refractivity contribution >= 4 is 142 Å². The number of carbonyl (C=O) groups is 2. The predicted molar refractivity (Wildman–Crippen MR) is 413 cm³/mol. The number of thiazole rings is 4. The van der Waals surface area contributed by atoms with Gasteiger partial charge < -0.3 is 0 Å². The number of ketones is 2. The molecular formula is C86H46N8O2S6. The molecule has 0 radical (unpaired) electrons. The molecule has 0 saturated carbocycles. The molecule has 0 aliphatic heterocycles. The van der Waals surface area contributed by atoms with E-state index in [1.165, 1.54) is 101 Å². The average molecular weight is 1420 g/mol. The number of hydrogen-bond acceptors (Lipinski definition) is 16. The van der Waals surface area contributed by atoms with Crippen molar-refractivity contribution in [2.24, 2.45) is 0 Å². The van der Waals surface area contributed by atoms with Gasteiger partial charge in [0.1, 0.15) is 55.5 Å². The summed E-state index contributed by atoms with van der Waals surface area (Å²) in [5.41, 5.74) is 20.1. The monoisotopic (exact) mass is 1410 g/mol.